The lowest BCUT2D eigenvalue weighted by Crippen LogP contribution is -2.59. The largest absolute Gasteiger partial charge is 0.396 e. The molecule has 4 N–H and O–H groups in total. The summed E-state index contributed by atoms with van der Waals surface area (Å²) in [6.07, 6.45) is 1.80. The van der Waals surface area contributed by atoms with Crippen molar-refractivity contribution in [1.82, 2.24) is 10.2 Å². The van der Waals surface area contributed by atoms with E-state index in [1.165, 1.54) is 0 Å². The summed E-state index contributed by atoms with van der Waals surface area (Å²) < 4.78 is 0. The van der Waals surface area contributed by atoms with Gasteiger partial charge >= 0.3 is 0 Å². The molecule has 0 atom stereocenters. The van der Waals surface area contributed by atoms with Gasteiger partial charge in [-0.3, -0.25) is 4.90 Å². The predicted octanol–water partition coefficient (Wildman–Crippen LogP) is 0.855. The smallest absolute Gasteiger partial charge is 0.169 e. The molecule has 0 unspecified atom stereocenters. The van der Waals surface area contributed by atoms with Crippen molar-refractivity contribution >= 4 is 11.4 Å². The highest BCUT2D eigenvalue weighted by Gasteiger charge is 2.41. The lowest BCUT2D eigenvalue weighted by atomic mass is 10.2. The molecule has 19 heavy (non-hydrogen) atoms. The van der Waals surface area contributed by atoms with Crippen molar-refractivity contribution in [1.29, 1.82) is 0 Å². The fourth-order valence-corrected chi connectivity index (χ4v) is 3.01. The summed E-state index contributed by atoms with van der Waals surface area (Å²) in [6.45, 7) is 4.23. The van der Waals surface area contributed by atoms with Crippen LogP contribution in [-0.4, -0.2) is 48.6 Å². The number of para-hydroxylation sites is 2. The lowest BCUT2D eigenvalue weighted by Gasteiger charge is -2.41. The summed E-state index contributed by atoms with van der Waals surface area (Å²) in [5.74, 6) is -0.343. The van der Waals surface area contributed by atoms with Gasteiger partial charge in [-0.25, -0.2) is 0 Å². The van der Waals surface area contributed by atoms with Crippen molar-refractivity contribution in [3.05, 3.63) is 24.3 Å². The average Bonchev–Trinajstić information content (AvgIpc) is 2.61. The van der Waals surface area contributed by atoms with E-state index in [0.717, 1.165) is 44.0 Å². The molecule has 0 radical (unpaired) electrons. The minimum atomic E-state index is -0.343. The number of aliphatic hydroxyl groups is 1. The Morgan fingerprint density at radius 3 is 2.53 bits per heavy atom. The third-order valence-electron chi connectivity index (χ3n) is 3.96. The third-order valence-corrected chi connectivity index (χ3v) is 3.96. The molecule has 0 aromatic heterocycles. The molecule has 0 spiro atoms. The molecule has 1 fully saturated rings. The molecule has 5 nitrogen and oxygen atoms in total. The molecule has 0 aliphatic carbocycles. The Balaban J connectivity index is 1.85. The fourth-order valence-electron chi connectivity index (χ4n) is 3.01. The second-order valence-corrected chi connectivity index (χ2v) is 5.22. The number of hydrogen-bond acceptors (Lipinski definition) is 5. The molecule has 2 heterocycles. The molecule has 2 aliphatic heterocycles. The van der Waals surface area contributed by atoms with Gasteiger partial charge in [0.25, 0.3) is 0 Å². The van der Waals surface area contributed by atoms with Gasteiger partial charge in [0.2, 0.25) is 0 Å². The van der Waals surface area contributed by atoms with Crippen LogP contribution in [0.25, 0.3) is 0 Å². The van der Waals surface area contributed by atoms with Gasteiger partial charge in [-0.05, 0) is 25.1 Å². The van der Waals surface area contributed by atoms with E-state index in [1.54, 1.807) is 0 Å². The van der Waals surface area contributed by atoms with Gasteiger partial charge in [0, 0.05) is 32.7 Å². The highest BCUT2D eigenvalue weighted by atomic mass is 16.3. The summed E-state index contributed by atoms with van der Waals surface area (Å²) in [4.78, 5) is 2.41. The molecule has 5 heteroatoms. The number of hydrogen-bond donors (Lipinski definition) is 4. The number of aliphatic hydroxyl groups excluding tert-OH is 1. The molecule has 0 bridgehead atoms. The summed E-state index contributed by atoms with van der Waals surface area (Å²) in [5.41, 5.74) is 2.24. The molecular weight excluding hydrogens is 240 g/mol. The van der Waals surface area contributed by atoms with Crippen LogP contribution in [0, 0.1) is 0 Å². The van der Waals surface area contributed by atoms with Crippen LogP contribution in [0.2, 0.25) is 0 Å². The first-order valence-corrected chi connectivity index (χ1v) is 7.06. The number of nitrogens with one attached hydrogen (secondary N) is 3. The van der Waals surface area contributed by atoms with Crippen molar-refractivity contribution in [3.8, 4) is 0 Å². The number of anilines is 2. The molecule has 3 rings (SSSR count). The monoisotopic (exact) mass is 262 g/mol. The maximum Gasteiger partial charge on any atom is 0.169 e. The average molecular weight is 262 g/mol. The van der Waals surface area contributed by atoms with Gasteiger partial charge in [-0.15, -0.1) is 0 Å². The highest BCUT2D eigenvalue weighted by molar-refractivity contribution is 5.75. The van der Waals surface area contributed by atoms with Crippen molar-refractivity contribution in [2.45, 2.75) is 18.6 Å². The normalized spacial score (nSPS) is 22.2. The van der Waals surface area contributed by atoms with E-state index in [1.807, 2.05) is 12.1 Å². The Morgan fingerprint density at radius 2 is 1.84 bits per heavy atom. The first kappa shape index (κ1) is 12.7. The van der Waals surface area contributed by atoms with Crippen LogP contribution >= 0.6 is 0 Å². The molecule has 2 aliphatic rings. The lowest BCUT2D eigenvalue weighted by molar-refractivity contribution is 0.115. The summed E-state index contributed by atoms with van der Waals surface area (Å²) >= 11 is 0. The van der Waals surface area contributed by atoms with Gasteiger partial charge in [0.05, 0.1) is 11.4 Å². The van der Waals surface area contributed by atoms with Gasteiger partial charge < -0.3 is 21.1 Å². The first-order valence-electron chi connectivity index (χ1n) is 7.06. The van der Waals surface area contributed by atoms with Crippen LogP contribution in [0.4, 0.5) is 11.4 Å². The van der Waals surface area contributed by atoms with Crippen molar-refractivity contribution < 1.29 is 5.11 Å². The van der Waals surface area contributed by atoms with Crippen LogP contribution in [0.3, 0.4) is 0 Å². The molecule has 1 aromatic carbocycles. The van der Waals surface area contributed by atoms with Crippen molar-refractivity contribution in [3.63, 3.8) is 0 Å². The molecular formula is C14H22N4O. The molecule has 0 amide bonds. The molecule has 104 valence electrons. The van der Waals surface area contributed by atoms with Crippen molar-refractivity contribution in [2.24, 2.45) is 0 Å². The van der Waals surface area contributed by atoms with Crippen LogP contribution in [0.5, 0.6) is 0 Å². The Labute approximate surface area is 114 Å². The number of nitrogens with zero attached hydrogens (tertiary/aromatic N) is 1. The van der Waals surface area contributed by atoms with E-state index in [2.05, 4.69) is 33.0 Å². The Hall–Kier alpha value is -1.30. The van der Waals surface area contributed by atoms with E-state index >= 15 is 0 Å². The summed E-state index contributed by atoms with van der Waals surface area (Å²) in [6, 6.07) is 8.23. The quantitative estimate of drug-likeness (QED) is 0.651. The van der Waals surface area contributed by atoms with Gasteiger partial charge in [-0.1, -0.05) is 12.1 Å². The SMILES string of the molecule is OCCC1(N2CCCNCC2)Nc2ccccc2N1. The van der Waals surface area contributed by atoms with Gasteiger partial charge in [0.15, 0.2) is 5.79 Å². The van der Waals surface area contributed by atoms with Crippen molar-refractivity contribution in [2.75, 3.05) is 43.4 Å². The van der Waals surface area contributed by atoms with Crippen LogP contribution < -0.4 is 16.0 Å². The van der Waals surface area contributed by atoms with E-state index in [0.29, 0.717) is 6.42 Å². The van der Waals surface area contributed by atoms with E-state index in [-0.39, 0.29) is 12.4 Å². The number of benzene rings is 1. The standard InChI is InChI=1S/C14H22N4O/c19-11-6-14(18-9-3-7-15-8-10-18)16-12-4-1-2-5-13(12)17-14/h1-2,4-5,15-17,19H,3,6-11H2. The second-order valence-electron chi connectivity index (χ2n) is 5.22. The fraction of sp³-hybridized carbons (Fsp3) is 0.571. The summed E-state index contributed by atoms with van der Waals surface area (Å²) in [5, 5.41) is 20.0. The third kappa shape index (κ3) is 2.41. The molecule has 1 aromatic rings. The summed E-state index contributed by atoms with van der Waals surface area (Å²) in [7, 11) is 0. The van der Waals surface area contributed by atoms with Crippen LogP contribution in [0.15, 0.2) is 24.3 Å². The first-order chi connectivity index (χ1) is 9.34. The minimum Gasteiger partial charge on any atom is -0.396 e. The Kier molecular flexibility index (Phi) is 3.59. The predicted molar refractivity (Wildman–Crippen MR) is 77.2 cm³/mol. The van der Waals surface area contributed by atoms with E-state index < -0.39 is 0 Å². The zero-order chi connectivity index (χ0) is 13.1. The van der Waals surface area contributed by atoms with Crippen LogP contribution in [-0.2, 0) is 0 Å². The number of fused-ring (bicyclic) bond motifs is 1. The van der Waals surface area contributed by atoms with E-state index in [4.69, 9.17) is 0 Å². The Bertz CT molecular complexity index is 404. The maximum absolute atomic E-state index is 9.45. The van der Waals surface area contributed by atoms with Gasteiger partial charge in [-0.2, -0.15) is 0 Å². The maximum atomic E-state index is 9.45. The molecule has 1 saturated heterocycles. The highest BCUT2D eigenvalue weighted by Crippen LogP contribution is 2.37. The zero-order valence-electron chi connectivity index (χ0n) is 11.2. The topological polar surface area (TPSA) is 59.6 Å². The van der Waals surface area contributed by atoms with E-state index in [9.17, 15) is 5.11 Å². The van der Waals surface area contributed by atoms with Crippen LogP contribution in [0.1, 0.15) is 12.8 Å². The second kappa shape index (κ2) is 5.36. The zero-order valence-corrected chi connectivity index (χ0v) is 11.2. The number of rotatable bonds is 3. The van der Waals surface area contributed by atoms with Gasteiger partial charge in [0.1, 0.15) is 0 Å². The Morgan fingerprint density at radius 1 is 1.11 bits per heavy atom. The minimum absolute atomic E-state index is 0.165. The molecule has 0 saturated carbocycles.